The molecular formula is C24H26F2N8O. The zero-order chi connectivity index (χ0) is 24.2. The lowest BCUT2D eigenvalue weighted by Crippen LogP contribution is -2.53. The van der Waals surface area contributed by atoms with Gasteiger partial charge in [-0.3, -0.25) is 4.79 Å². The molecule has 182 valence electrons. The van der Waals surface area contributed by atoms with E-state index in [-0.39, 0.29) is 17.4 Å². The molecular weight excluding hydrogens is 454 g/mol. The van der Waals surface area contributed by atoms with Gasteiger partial charge in [-0.2, -0.15) is 4.98 Å². The summed E-state index contributed by atoms with van der Waals surface area (Å²) in [5, 5.41) is 12.0. The van der Waals surface area contributed by atoms with Crippen LogP contribution in [0.3, 0.4) is 0 Å². The molecule has 0 radical (unpaired) electrons. The quantitative estimate of drug-likeness (QED) is 0.435. The Kier molecular flexibility index (Phi) is 5.15. The Labute approximate surface area is 199 Å². The van der Waals surface area contributed by atoms with Gasteiger partial charge in [-0.05, 0) is 43.4 Å². The number of carbonyl (C=O) groups is 1. The SMILES string of the molecule is C[C@]1(C(=O)N2CCCC2)C[C@@H](Nc2ncc3c(-c4ccc5nnn(CC(F)F)c5c4)c[nH]c3n2)C1. The molecule has 2 fully saturated rings. The average molecular weight is 481 g/mol. The van der Waals surface area contributed by atoms with Gasteiger partial charge in [-0.15, -0.1) is 5.10 Å². The first kappa shape index (κ1) is 21.9. The monoisotopic (exact) mass is 480 g/mol. The van der Waals surface area contributed by atoms with Crippen LogP contribution in [0.2, 0.25) is 0 Å². The molecule has 2 aliphatic rings. The normalized spacial score (nSPS) is 22.3. The number of aromatic nitrogens is 6. The standard InChI is InChI=1S/C24H26F2N8O/c1-24(22(35)33-6-2-3-7-33)9-15(10-24)29-23-28-12-17-16(11-27-21(17)30-23)14-4-5-18-19(8-14)34(32-31-18)13-20(25)26/h4-5,8,11-12,15,20H,2-3,6-7,9-10,13H2,1H3,(H2,27,28,29,30)/t15-,24+. The summed E-state index contributed by atoms with van der Waals surface area (Å²) in [5.41, 5.74) is 3.18. The first-order chi connectivity index (χ1) is 16.9. The van der Waals surface area contributed by atoms with E-state index >= 15 is 0 Å². The van der Waals surface area contributed by atoms with Crippen LogP contribution >= 0.6 is 0 Å². The summed E-state index contributed by atoms with van der Waals surface area (Å²) in [6, 6.07) is 5.61. The fraction of sp³-hybridized carbons (Fsp3) is 0.458. The van der Waals surface area contributed by atoms with Crippen LogP contribution in [0.25, 0.3) is 33.2 Å². The molecule has 0 spiro atoms. The number of hydrogen-bond donors (Lipinski definition) is 2. The maximum Gasteiger partial charge on any atom is 0.258 e. The van der Waals surface area contributed by atoms with Crippen molar-refractivity contribution in [3.8, 4) is 11.1 Å². The summed E-state index contributed by atoms with van der Waals surface area (Å²) < 4.78 is 27.0. The average Bonchev–Trinajstić information content (AvgIpc) is 3.57. The van der Waals surface area contributed by atoms with Crippen LogP contribution in [0.15, 0.2) is 30.6 Å². The van der Waals surface area contributed by atoms with E-state index in [0.717, 1.165) is 55.3 Å². The molecule has 1 saturated heterocycles. The molecule has 4 aromatic rings. The van der Waals surface area contributed by atoms with Crippen molar-refractivity contribution in [2.24, 2.45) is 5.41 Å². The summed E-state index contributed by atoms with van der Waals surface area (Å²) >= 11 is 0. The van der Waals surface area contributed by atoms with Crippen LogP contribution in [0.4, 0.5) is 14.7 Å². The topological polar surface area (TPSA) is 105 Å². The molecule has 1 aromatic carbocycles. The van der Waals surface area contributed by atoms with Crippen molar-refractivity contribution < 1.29 is 13.6 Å². The van der Waals surface area contributed by atoms with Gasteiger partial charge >= 0.3 is 0 Å². The van der Waals surface area contributed by atoms with Gasteiger partial charge in [-0.25, -0.2) is 18.4 Å². The van der Waals surface area contributed by atoms with Gasteiger partial charge in [0.25, 0.3) is 6.43 Å². The maximum absolute atomic E-state index is 12.9. The lowest BCUT2D eigenvalue weighted by molar-refractivity contribution is -0.145. The molecule has 4 heterocycles. The van der Waals surface area contributed by atoms with E-state index in [4.69, 9.17) is 0 Å². The Balaban J connectivity index is 1.19. The molecule has 0 bridgehead atoms. The van der Waals surface area contributed by atoms with Gasteiger partial charge in [0.2, 0.25) is 11.9 Å². The molecule has 1 aliphatic heterocycles. The summed E-state index contributed by atoms with van der Waals surface area (Å²) in [6.07, 6.45) is 4.80. The second-order valence-corrected chi connectivity index (χ2v) is 9.83. The number of amides is 1. The highest BCUT2D eigenvalue weighted by molar-refractivity contribution is 5.95. The van der Waals surface area contributed by atoms with E-state index in [1.54, 1.807) is 18.3 Å². The van der Waals surface area contributed by atoms with Crippen molar-refractivity contribution in [3.05, 3.63) is 30.6 Å². The summed E-state index contributed by atoms with van der Waals surface area (Å²) in [6.45, 7) is 3.29. The Morgan fingerprint density at radius 3 is 2.86 bits per heavy atom. The Bertz CT molecular complexity index is 1400. The van der Waals surface area contributed by atoms with Gasteiger partial charge in [0.05, 0.1) is 10.9 Å². The number of fused-ring (bicyclic) bond motifs is 2. The minimum atomic E-state index is -2.51. The summed E-state index contributed by atoms with van der Waals surface area (Å²) in [7, 11) is 0. The fourth-order valence-corrected chi connectivity index (χ4v) is 5.40. The number of likely N-dealkylation sites (tertiary alicyclic amines) is 1. The molecule has 0 atom stereocenters. The highest BCUT2D eigenvalue weighted by Crippen LogP contribution is 2.44. The van der Waals surface area contributed by atoms with Gasteiger partial charge in [0, 0.05) is 42.5 Å². The van der Waals surface area contributed by atoms with Gasteiger partial charge in [-0.1, -0.05) is 18.2 Å². The van der Waals surface area contributed by atoms with E-state index < -0.39 is 13.0 Å². The number of carbonyl (C=O) groups excluding carboxylic acids is 1. The molecule has 3 aromatic heterocycles. The Morgan fingerprint density at radius 2 is 2.09 bits per heavy atom. The molecule has 35 heavy (non-hydrogen) atoms. The number of anilines is 1. The number of hydrogen-bond acceptors (Lipinski definition) is 6. The number of aromatic amines is 1. The smallest absolute Gasteiger partial charge is 0.258 e. The van der Waals surface area contributed by atoms with Crippen molar-refractivity contribution in [2.45, 2.75) is 51.6 Å². The number of benzene rings is 1. The van der Waals surface area contributed by atoms with Crippen LogP contribution in [-0.2, 0) is 11.3 Å². The number of H-pyrrole nitrogens is 1. The van der Waals surface area contributed by atoms with E-state index in [1.165, 1.54) is 4.68 Å². The largest absolute Gasteiger partial charge is 0.351 e. The van der Waals surface area contributed by atoms with Gasteiger partial charge in [0.15, 0.2) is 0 Å². The predicted octanol–water partition coefficient (Wildman–Crippen LogP) is 3.84. The maximum atomic E-state index is 12.9. The highest BCUT2D eigenvalue weighted by Gasteiger charge is 2.48. The van der Waals surface area contributed by atoms with Gasteiger partial charge in [0.1, 0.15) is 17.7 Å². The fourth-order valence-electron chi connectivity index (χ4n) is 5.40. The molecule has 1 saturated carbocycles. The molecule has 2 N–H and O–H groups in total. The van der Waals surface area contributed by atoms with E-state index in [1.807, 2.05) is 24.1 Å². The lowest BCUT2D eigenvalue weighted by Gasteiger charge is -2.45. The van der Waals surface area contributed by atoms with Crippen LogP contribution in [-0.4, -0.2) is 66.3 Å². The van der Waals surface area contributed by atoms with Gasteiger partial charge < -0.3 is 15.2 Å². The molecule has 9 nitrogen and oxygen atoms in total. The van der Waals surface area contributed by atoms with Crippen molar-refractivity contribution in [1.82, 2.24) is 34.8 Å². The van der Waals surface area contributed by atoms with Crippen molar-refractivity contribution in [2.75, 3.05) is 18.4 Å². The molecule has 1 amide bonds. The zero-order valence-corrected chi connectivity index (χ0v) is 19.3. The first-order valence-corrected chi connectivity index (χ1v) is 11.9. The number of rotatable bonds is 6. The zero-order valence-electron chi connectivity index (χ0n) is 19.3. The molecule has 0 unspecified atom stereocenters. The van der Waals surface area contributed by atoms with Crippen molar-refractivity contribution >= 4 is 33.9 Å². The Hall–Kier alpha value is -3.63. The lowest BCUT2D eigenvalue weighted by atomic mass is 9.66. The van der Waals surface area contributed by atoms with Crippen LogP contribution in [0.5, 0.6) is 0 Å². The third kappa shape index (κ3) is 3.88. The Morgan fingerprint density at radius 1 is 1.29 bits per heavy atom. The molecule has 11 heteroatoms. The third-order valence-corrected chi connectivity index (χ3v) is 7.20. The first-order valence-electron chi connectivity index (χ1n) is 11.9. The van der Waals surface area contributed by atoms with Crippen LogP contribution in [0.1, 0.15) is 32.6 Å². The van der Waals surface area contributed by atoms with E-state index in [0.29, 0.717) is 22.6 Å². The summed E-state index contributed by atoms with van der Waals surface area (Å²) in [4.78, 5) is 27.1. The molecule has 1 aliphatic carbocycles. The van der Waals surface area contributed by atoms with Crippen LogP contribution in [0, 0.1) is 5.41 Å². The highest BCUT2D eigenvalue weighted by atomic mass is 19.3. The summed E-state index contributed by atoms with van der Waals surface area (Å²) in [5.74, 6) is 0.779. The minimum Gasteiger partial charge on any atom is -0.351 e. The number of halogens is 2. The van der Waals surface area contributed by atoms with Crippen molar-refractivity contribution in [1.29, 1.82) is 0 Å². The second-order valence-electron chi connectivity index (χ2n) is 9.83. The number of nitrogens with one attached hydrogen (secondary N) is 2. The molecule has 6 rings (SSSR count). The second kappa shape index (κ2) is 8.24. The van der Waals surface area contributed by atoms with E-state index in [2.05, 4.69) is 30.6 Å². The number of alkyl halides is 2. The van der Waals surface area contributed by atoms with E-state index in [9.17, 15) is 13.6 Å². The number of nitrogens with zero attached hydrogens (tertiary/aromatic N) is 6. The predicted molar refractivity (Wildman–Crippen MR) is 127 cm³/mol. The minimum absolute atomic E-state index is 0.156. The van der Waals surface area contributed by atoms with Crippen molar-refractivity contribution in [3.63, 3.8) is 0 Å². The third-order valence-electron chi connectivity index (χ3n) is 7.20. The van der Waals surface area contributed by atoms with Crippen LogP contribution < -0.4 is 5.32 Å².